The molecule has 1 aromatic heterocycles. The number of fused-ring (bicyclic) bond motifs is 1. The number of carbonyl (C=O) groups excluding carboxylic acids is 1. The van der Waals surface area contributed by atoms with Crippen molar-refractivity contribution in [2.24, 2.45) is 0 Å². The quantitative estimate of drug-likeness (QED) is 0.815. The van der Waals surface area contributed by atoms with Crippen LogP contribution in [0.25, 0.3) is 0 Å². The summed E-state index contributed by atoms with van der Waals surface area (Å²) >= 11 is 0. The van der Waals surface area contributed by atoms with Gasteiger partial charge in [0.05, 0.1) is 0 Å². The first kappa shape index (κ1) is 12.0. The van der Waals surface area contributed by atoms with Gasteiger partial charge < -0.3 is 9.47 Å². The van der Waals surface area contributed by atoms with Crippen LogP contribution in [0.2, 0.25) is 0 Å². The van der Waals surface area contributed by atoms with Crippen LogP contribution in [0.4, 0.5) is 0 Å². The largest absolute Gasteiger partial charge is 0.353 e. The molecule has 1 aromatic rings. The van der Waals surface area contributed by atoms with Gasteiger partial charge in [-0.2, -0.15) is 0 Å². The number of rotatable bonds is 4. The summed E-state index contributed by atoms with van der Waals surface area (Å²) in [5.74, 6) is 0.342. The van der Waals surface area contributed by atoms with Crippen molar-refractivity contribution >= 4 is 5.78 Å². The number of carbonyl (C=O) groups is 1. The molecular weight excluding hydrogens is 224 g/mol. The van der Waals surface area contributed by atoms with Crippen LogP contribution >= 0.6 is 0 Å². The molecule has 3 rings (SSSR count). The van der Waals surface area contributed by atoms with Gasteiger partial charge >= 0.3 is 0 Å². The van der Waals surface area contributed by atoms with Gasteiger partial charge in [-0.05, 0) is 57.3 Å². The molecule has 0 aromatic carbocycles. The van der Waals surface area contributed by atoms with E-state index in [1.807, 2.05) is 0 Å². The van der Waals surface area contributed by atoms with Gasteiger partial charge in [0.15, 0.2) is 5.78 Å². The average Bonchev–Trinajstić information content (AvgIpc) is 2.98. The minimum atomic E-state index is 0.342. The maximum absolute atomic E-state index is 11.8. The van der Waals surface area contributed by atoms with Crippen LogP contribution < -0.4 is 0 Å². The van der Waals surface area contributed by atoms with Gasteiger partial charge in [0, 0.05) is 30.9 Å². The van der Waals surface area contributed by atoms with Gasteiger partial charge in [0.25, 0.3) is 0 Å². The van der Waals surface area contributed by atoms with Gasteiger partial charge in [0.2, 0.25) is 0 Å². The minimum Gasteiger partial charge on any atom is -0.353 e. The lowest BCUT2D eigenvalue weighted by atomic mass is 9.95. The second-order valence-corrected chi connectivity index (χ2v) is 5.61. The molecule has 2 aliphatic rings. The molecule has 18 heavy (non-hydrogen) atoms. The van der Waals surface area contributed by atoms with E-state index in [0.29, 0.717) is 5.78 Å². The summed E-state index contributed by atoms with van der Waals surface area (Å²) in [4.78, 5) is 14.3. The lowest BCUT2D eigenvalue weighted by Crippen LogP contribution is -2.21. The summed E-state index contributed by atoms with van der Waals surface area (Å²) in [5, 5.41) is 0. The lowest BCUT2D eigenvalue weighted by Gasteiger charge is -2.14. The molecule has 1 aliphatic heterocycles. The average molecular weight is 246 g/mol. The van der Waals surface area contributed by atoms with Crippen molar-refractivity contribution in [2.45, 2.75) is 45.1 Å². The Hall–Kier alpha value is -1.09. The summed E-state index contributed by atoms with van der Waals surface area (Å²) in [5.41, 5.74) is 2.26. The molecule has 0 atom stereocenters. The lowest BCUT2D eigenvalue weighted by molar-refractivity contribution is 0.0973. The molecule has 0 saturated carbocycles. The molecule has 0 amide bonds. The summed E-state index contributed by atoms with van der Waals surface area (Å²) < 4.78 is 2.23. The Labute approximate surface area is 109 Å². The zero-order chi connectivity index (χ0) is 12.4. The van der Waals surface area contributed by atoms with Crippen molar-refractivity contribution in [3.05, 3.63) is 23.5 Å². The van der Waals surface area contributed by atoms with E-state index in [4.69, 9.17) is 0 Å². The number of ketones is 1. The fourth-order valence-corrected chi connectivity index (χ4v) is 3.19. The number of hydrogen-bond donors (Lipinski definition) is 0. The van der Waals surface area contributed by atoms with E-state index in [-0.39, 0.29) is 0 Å². The zero-order valence-electron chi connectivity index (χ0n) is 11.0. The van der Waals surface area contributed by atoms with Crippen LogP contribution in [0.1, 0.15) is 48.0 Å². The number of hydrogen-bond acceptors (Lipinski definition) is 2. The van der Waals surface area contributed by atoms with Gasteiger partial charge in [-0.15, -0.1) is 0 Å². The molecule has 3 heteroatoms. The van der Waals surface area contributed by atoms with Crippen molar-refractivity contribution in [1.29, 1.82) is 0 Å². The highest BCUT2D eigenvalue weighted by atomic mass is 16.1. The Morgan fingerprint density at radius 2 is 1.83 bits per heavy atom. The van der Waals surface area contributed by atoms with Crippen LogP contribution in [-0.2, 0) is 13.0 Å². The van der Waals surface area contributed by atoms with E-state index in [2.05, 4.69) is 21.9 Å². The Morgan fingerprint density at radius 1 is 1.00 bits per heavy atom. The van der Waals surface area contributed by atoms with E-state index < -0.39 is 0 Å². The molecule has 0 spiro atoms. The van der Waals surface area contributed by atoms with E-state index >= 15 is 0 Å². The maximum Gasteiger partial charge on any atom is 0.164 e. The molecule has 1 aliphatic carbocycles. The normalized spacial score (nSPS) is 20.3. The Kier molecular flexibility index (Phi) is 3.50. The summed E-state index contributed by atoms with van der Waals surface area (Å²) in [6.07, 6.45) is 11.0. The van der Waals surface area contributed by atoms with Crippen molar-refractivity contribution in [3.63, 3.8) is 0 Å². The first-order valence-electron chi connectivity index (χ1n) is 7.27. The fraction of sp³-hybridized carbons (Fsp3) is 0.667. The first-order chi connectivity index (χ1) is 8.83. The van der Waals surface area contributed by atoms with Gasteiger partial charge in [-0.1, -0.05) is 0 Å². The molecule has 0 radical (unpaired) electrons. The monoisotopic (exact) mass is 246 g/mol. The molecule has 3 nitrogen and oxygen atoms in total. The van der Waals surface area contributed by atoms with Crippen LogP contribution in [0.3, 0.4) is 0 Å². The van der Waals surface area contributed by atoms with Crippen LogP contribution in [0, 0.1) is 0 Å². The van der Waals surface area contributed by atoms with E-state index in [9.17, 15) is 4.79 Å². The SMILES string of the molecule is O=C1CCCc2cn(CCCN3CCCC3)cc21. The highest BCUT2D eigenvalue weighted by molar-refractivity contribution is 5.98. The van der Waals surface area contributed by atoms with E-state index in [0.717, 1.165) is 31.4 Å². The standard InChI is InChI=1S/C15H22N2O/c18-15-6-3-5-13-11-17(12-14(13)15)10-4-9-16-7-1-2-8-16/h11-12H,1-10H2. The highest BCUT2D eigenvalue weighted by Crippen LogP contribution is 2.22. The van der Waals surface area contributed by atoms with Crippen LogP contribution in [0.5, 0.6) is 0 Å². The van der Waals surface area contributed by atoms with Crippen LogP contribution in [-0.4, -0.2) is 34.9 Å². The van der Waals surface area contributed by atoms with Gasteiger partial charge in [-0.3, -0.25) is 4.79 Å². The fourth-order valence-electron chi connectivity index (χ4n) is 3.19. The summed E-state index contributed by atoms with van der Waals surface area (Å²) in [6, 6.07) is 0. The molecular formula is C15H22N2O. The number of aryl methyl sites for hydroxylation is 2. The molecule has 0 bridgehead atoms. The third-order valence-corrected chi connectivity index (χ3v) is 4.20. The first-order valence-corrected chi connectivity index (χ1v) is 7.27. The van der Waals surface area contributed by atoms with E-state index in [1.165, 1.54) is 44.5 Å². The zero-order valence-corrected chi connectivity index (χ0v) is 11.0. The number of aromatic nitrogens is 1. The Bertz CT molecular complexity index is 430. The highest BCUT2D eigenvalue weighted by Gasteiger charge is 2.19. The van der Waals surface area contributed by atoms with Crippen molar-refractivity contribution in [1.82, 2.24) is 9.47 Å². The summed E-state index contributed by atoms with van der Waals surface area (Å²) in [7, 11) is 0. The predicted octanol–water partition coefficient (Wildman–Crippen LogP) is 2.49. The third kappa shape index (κ3) is 2.51. The minimum absolute atomic E-state index is 0.342. The second kappa shape index (κ2) is 5.27. The number of Topliss-reactive ketones (excluding diaryl/α,β-unsaturated/α-hetero) is 1. The molecule has 98 valence electrons. The molecule has 1 fully saturated rings. The molecule has 0 N–H and O–H groups in total. The van der Waals surface area contributed by atoms with E-state index in [1.54, 1.807) is 0 Å². The van der Waals surface area contributed by atoms with Gasteiger partial charge in [-0.25, -0.2) is 0 Å². The maximum atomic E-state index is 11.8. The summed E-state index contributed by atoms with van der Waals surface area (Å²) in [6.45, 7) is 4.81. The Balaban J connectivity index is 1.55. The van der Waals surface area contributed by atoms with Crippen molar-refractivity contribution in [2.75, 3.05) is 19.6 Å². The predicted molar refractivity (Wildman–Crippen MR) is 72.0 cm³/mol. The third-order valence-electron chi connectivity index (χ3n) is 4.20. The number of likely N-dealkylation sites (tertiary alicyclic amines) is 1. The number of nitrogens with zero attached hydrogens (tertiary/aromatic N) is 2. The molecule has 2 heterocycles. The molecule has 0 unspecified atom stereocenters. The van der Waals surface area contributed by atoms with Gasteiger partial charge in [0.1, 0.15) is 0 Å². The second-order valence-electron chi connectivity index (χ2n) is 5.61. The topological polar surface area (TPSA) is 25.2 Å². The molecule has 1 saturated heterocycles. The smallest absolute Gasteiger partial charge is 0.164 e. The van der Waals surface area contributed by atoms with Crippen LogP contribution in [0.15, 0.2) is 12.4 Å². The van der Waals surface area contributed by atoms with Crippen molar-refractivity contribution in [3.8, 4) is 0 Å². The van der Waals surface area contributed by atoms with Crippen molar-refractivity contribution < 1.29 is 4.79 Å². The Morgan fingerprint density at radius 3 is 2.61 bits per heavy atom.